The Morgan fingerprint density at radius 2 is 1.63 bits per heavy atom. The van der Waals surface area contributed by atoms with Crippen molar-refractivity contribution >= 4 is 23.3 Å². The number of ether oxygens (including phenoxy) is 2. The minimum Gasteiger partial charge on any atom is -0.494 e. The second kappa shape index (κ2) is 11.1. The summed E-state index contributed by atoms with van der Waals surface area (Å²) in [5.74, 6) is 1.22. The van der Waals surface area contributed by atoms with Crippen molar-refractivity contribution < 1.29 is 19.4 Å². The molecular weight excluding hydrogens is 396 g/mol. The molecular formula is C25H24O4S. The second-order valence-corrected chi connectivity index (χ2v) is 7.50. The fourth-order valence-electron chi connectivity index (χ4n) is 2.94. The monoisotopic (exact) mass is 420 g/mol. The number of carboxylic acid groups (broad SMARTS) is 1. The van der Waals surface area contributed by atoms with Crippen LogP contribution in [0.3, 0.4) is 0 Å². The molecule has 0 aliphatic rings. The van der Waals surface area contributed by atoms with Crippen molar-refractivity contribution in [3.8, 4) is 11.5 Å². The van der Waals surface area contributed by atoms with E-state index in [9.17, 15) is 4.79 Å². The molecule has 30 heavy (non-hydrogen) atoms. The fourth-order valence-corrected chi connectivity index (χ4v) is 3.71. The summed E-state index contributed by atoms with van der Waals surface area (Å²) < 4.78 is 10.9. The SMILES string of the molecule is CCOc1cccc(C(=CCSc2ccc(OCC(=O)O)cc2)c2ccccc2)c1. The molecule has 0 aromatic heterocycles. The van der Waals surface area contributed by atoms with Crippen molar-refractivity contribution in [1.82, 2.24) is 0 Å². The van der Waals surface area contributed by atoms with Gasteiger partial charge in [0.05, 0.1) is 6.61 Å². The quantitative estimate of drug-likeness (QED) is 0.422. The average molecular weight is 421 g/mol. The van der Waals surface area contributed by atoms with Crippen LogP contribution >= 0.6 is 11.8 Å². The van der Waals surface area contributed by atoms with E-state index in [1.165, 1.54) is 0 Å². The predicted molar refractivity (Wildman–Crippen MR) is 121 cm³/mol. The number of carboxylic acids is 1. The summed E-state index contributed by atoms with van der Waals surface area (Å²) >= 11 is 1.71. The van der Waals surface area contributed by atoms with Gasteiger partial charge in [-0.05, 0) is 60.0 Å². The van der Waals surface area contributed by atoms with E-state index in [0.29, 0.717) is 12.4 Å². The van der Waals surface area contributed by atoms with Crippen LogP contribution in [-0.2, 0) is 4.79 Å². The Morgan fingerprint density at radius 3 is 2.33 bits per heavy atom. The first kappa shape index (κ1) is 21.5. The molecule has 0 aliphatic carbocycles. The highest BCUT2D eigenvalue weighted by Gasteiger charge is 2.07. The summed E-state index contributed by atoms with van der Waals surface area (Å²) in [6.45, 7) is 2.28. The van der Waals surface area contributed by atoms with E-state index in [2.05, 4.69) is 30.3 Å². The normalized spacial score (nSPS) is 11.2. The van der Waals surface area contributed by atoms with Crippen molar-refractivity contribution in [1.29, 1.82) is 0 Å². The molecule has 0 fully saturated rings. The van der Waals surface area contributed by atoms with Crippen molar-refractivity contribution in [3.05, 3.63) is 96.1 Å². The van der Waals surface area contributed by atoms with E-state index in [4.69, 9.17) is 14.6 Å². The molecule has 0 bridgehead atoms. The molecule has 0 aliphatic heterocycles. The standard InChI is InChI=1S/C25H24O4S/c1-2-28-22-10-6-9-20(17-22)24(19-7-4-3-5-8-19)15-16-30-23-13-11-21(12-14-23)29-18-25(26)27/h3-15,17H,2,16,18H2,1H3,(H,26,27). The number of hydrogen-bond acceptors (Lipinski definition) is 4. The topological polar surface area (TPSA) is 55.8 Å². The summed E-state index contributed by atoms with van der Waals surface area (Å²) in [4.78, 5) is 11.7. The van der Waals surface area contributed by atoms with Crippen LogP contribution < -0.4 is 9.47 Å². The predicted octanol–water partition coefficient (Wildman–Crippen LogP) is 5.77. The first-order valence-corrected chi connectivity index (χ1v) is 10.7. The number of aliphatic carboxylic acids is 1. The van der Waals surface area contributed by atoms with E-state index in [1.807, 2.05) is 49.4 Å². The summed E-state index contributed by atoms with van der Waals surface area (Å²) in [6.07, 6.45) is 2.22. The maximum absolute atomic E-state index is 10.6. The zero-order chi connectivity index (χ0) is 21.2. The zero-order valence-corrected chi connectivity index (χ0v) is 17.6. The maximum Gasteiger partial charge on any atom is 0.341 e. The lowest BCUT2D eigenvalue weighted by Crippen LogP contribution is -2.09. The third-order valence-corrected chi connectivity index (χ3v) is 5.20. The van der Waals surface area contributed by atoms with Crippen molar-refractivity contribution in [2.75, 3.05) is 19.0 Å². The van der Waals surface area contributed by atoms with Gasteiger partial charge in [-0.2, -0.15) is 0 Å². The van der Waals surface area contributed by atoms with Crippen molar-refractivity contribution in [2.45, 2.75) is 11.8 Å². The lowest BCUT2D eigenvalue weighted by molar-refractivity contribution is -0.139. The van der Waals surface area contributed by atoms with Gasteiger partial charge in [-0.15, -0.1) is 11.8 Å². The molecule has 0 amide bonds. The first-order valence-electron chi connectivity index (χ1n) is 9.72. The smallest absolute Gasteiger partial charge is 0.341 e. The summed E-state index contributed by atoms with van der Waals surface area (Å²) in [6, 6.07) is 25.9. The fraction of sp³-hybridized carbons (Fsp3) is 0.160. The van der Waals surface area contributed by atoms with Gasteiger partial charge in [0.1, 0.15) is 11.5 Å². The van der Waals surface area contributed by atoms with E-state index in [-0.39, 0.29) is 6.61 Å². The molecule has 154 valence electrons. The number of benzene rings is 3. The van der Waals surface area contributed by atoms with Gasteiger partial charge in [0.25, 0.3) is 0 Å². The van der Waals surface area contributed by atoms with Gasteiger partial charge < -0.3 is 14.6 Å². The van der Waals surface area contributed by atoms with Crippen molar-refractivity contribution in [2.24, 2.45) is 0 Å². The molecule has 3 aromatic rings. The van der Waals surface area contributed by atoms with Crippen LogP contribution in [-0.4, -0.2) is 30.0 Å². The summed E-state index contributed by atoms with van der Waals surface area (Å²) in [5, 5.41) is 8.69. The molecule has 0 heterocycles. The van der Waals surface area contributed by atoms with Crippen LogP contribution in [0.4, 0.5) is 0 Å². The largest absolute Gasteiger partial charge is 0.494 e. The molecule has 3 aromatic carbocycles. The Hall–Kier alpha value is -3.18. The van der Waals surface area contributed by atoms with Gasteiger partial charge in [-0.1, -0.05) is 48.5 Å². The molecule has 0 atom stereocenters. The van der Waals surface area contributed by atoms with Crippen LogP contribution in [0.2, 0.25) is 0 Å². The number of carbonyl (C=O) groups is 1. The minimum absolute atomic E-state index is 0.337. The number of hydrogen-bond donors (Lipinski definition) is 1. The first-order chi connectivity index (χ1) is 14.7. The van der Waals surface area contributed by atoms with E-state index < -0.39 is 5.97 Å². The highest BCUT2D eigenvalue weighted by atomic mass is 32.2. The van der Waals surface area contributed by atoms with E-state index in [0.717, 1.165) is 33.1 Å². The highest BCUT2D eigenvalue weighted by Crippen LogP contribution is 2.28. The Labute approximate surface area is 181 Å². The Morgan fingerprint density at radius 1 is 0.900 bits per heavy atom. The Kier molecular flexibility index (Phi) is 7.98. The van der Waals surface area contributed by atoms with Crippen LogP contribution in [0, 0.1) is 0 Å². The highest BCUT2D eigenvalue weighted by molar-refractivity contribution is 7.99. The van der Waals surface area contributed by atoms with E-state index >= 15 is 0 Å². The number of thioether (sulfide) groups is 1. The van der Waals surface area contributed by atoms with Gasteiger partial charge in [-0.3, -0.25) is 0 Å². The molecule has 1 N–H and O–H groups in total. The average Bonchev–Trinajstić information content (AvgIpc) is 2.77. The van der Waals surface area contributed by atoms with Gasteiger partial charge in [0.2, 0.25) is 0 Å². The van der Waals surface area contributed by atoms with Gasteiger partial charge in [-0.25, -0.2) is 4.79 Å². The minimum atomic E-state index is -0.986. The van der Waals surface area contributed by atoms with Crippen molar-refractivity contribution in [3.63, 3.8) is 0 Å². The van der Waals surface area contributed by atoms with Gasteiger partial charge >= 0.3 is 5.97 Å². The van der Waals surface area contributed by atoms with Crippen LogP contribution in [0.5, 0.6) is 11.5 Å². The summed E-state index contributed by atoms with van der Waals surface area (Å²) in [7, 11) is 0. The zero-order valence-electron chi connectivity index (χ0n) is 16.8. The van der Waals surface area contributed by atoms with Gasteiger partial charge in [0, 0.05) is 10.6 Å². The third kappa shape index (κ3) is 6.42. The molecule has 0 saturated heterocycles. The van der Waals surface area contributed by atoms with Crippen LogP contribution in [0.15, 0.2) is 89.8 Å². The molecule has 0 saturated carbocycles. The summed E-state index contributed by atoms with van der Waals surface area (Å²) in [5.41, 5.74) is 3.43. The Bertz CT molecular complexity index is 982. The lowest BCUT2D eigenvalue weighted by Gasteiger charge is -2.11. The lowest BCUT2D eigenvalue weighted by atomic mass is 9.98. The second-order valence-electron chi connectivity index (χ2n) is 6.41. The molecule has 0 spiro atoms. The van der Waals surface area contributed by atoms with E-state index in [1.54, 1.807) is 23.9 Å². The third-order valence-electron chi connectivity index (χ3n) is 4.26. The molecule has 4 nitrogen and oxygen atoms in total. The molecule has 0 radical (unpaired) electrons. The molecule has 0 unspecified atom stereocenters. The molecule has 5 heteroatoms. The van der Waals surface area contributed by atoms with Gasteiger partial charge in [0.15, 0.2) is 6.61 Å². The maximum atomic E-state index is 10.6. The Balaban J connectivity index is 1.74. The van der Waals surface area contributed by atoms with Crippen LogP contribution in [0.1, 0.15) is 18.1 Å². The number of rotatable bonds is 10. The molecule has 3 rings (SSSR count). The van der Waals surface area contributed by atoms with Crippen LogP contribution in [0.25, 0.3) is 5.57 Å².